The van der Waals surface area contributed by atoms with E-state index in [0.717, 1.165) is 5.70 Å². The van der Waals surface area contributed by atoms with Crippen LogP contribution in [0.2, 0.25) is 0 Å². The number of hydrogen-bond donors (Lipinski definition) is 0. The molecule has 0 aromatic heterocycles. The Morgan fingerprint density at radius 3 is 2.22 bits per heavy atom. The number of allylic oxidation sites excluding steroid dienone is 2. The fourth-order valence-corrected chi connectivity index (χ4v) is 0.398. The zero-order valence-electron chi connectivity index (χ0n) is 5.05. The molecular formula is C6H6ClNZn-. The molecule has 3 heteroatoms. The minimum Gasteiger partial charge on any atom is -1.00 e. The van der Waals surface area contributed by atoms with Crippen LogP contribution in [-0.2, 0) is 19.5 Å². The predicted octanol–water partition coefficient (Wildman–Crippen LogP) is -1.65. The second-order valence-electron chi connectivity index (χ2n) is 1.32. The van der Waals surface area contributed by atoms with Gasteiger partial charge in [0.25, 0.3) is 0 Å². The summed E-state index contributed by atoms with van der Waals surface area (Å²) in [4.78, 5) is 3.87. The topological polar surface area (TPSA) is 12.4 Å². The van der Waals surface area contributed by atoms with Gasteiger partial charge in [-0.25, -0.2) is 0 Å². The van der Waals surface area contributed by atoms with Crippen molar-refractivity contribution in [3.8, 4) is 0 Å². The Balaban J connectivity index is 0. The van der Waals surface area contributed by atoms with Gasteiger partial charge in [0.15, 0.2) is 0 Å². The van der Waals surface area contributed by atoms with Gasteiger partial charge < -0.3 is 12.4 Å². The maximum Gasteiger partial charge on any atom is 0.0410 e. The quantitative estimate of drug-likeness (QED) is 0.408. The number of rotatable bonds is 0. The van der Waals surface area contributed by atoms with Crippen LogP contribution in [0.3, 0.4) is 0 Å². The third-order valence-corrected chi connectivity index (χ3v) is 0.726. The standard InChI is InChI=1S/C6H6N.ClH.Zn/c1-6-4-2-3-5-7-6;;/h2-5H,1H2;1H;/p-1. The van der Waals surface area contributed by atoms with Crippen molar-refractivity contribution < 1.29 is 31.9 Å². The molecule has 1 nitrogen and oxygen atoms in total. The zero-order chi connectivity index (χ0) is 5.11. The van der Waals surface area contributed by atoms with Gasteiger partial charge in [-0.05, 0) is 6.08 Å². The summed E-state index contributed by atoms with van der Waals surface area (Å²) >= 11 is 0. The first-order chi connectivity index (χ1) is 3.39. The monoisotopic (exact) mass is 191 g/mol. The van der Waals surface area contributed by atoms with Gasteiger partial charge >= 0.3 is 0 Å². The second kappa shape index (κ2) is 6.19. The smallest absolute Gasteiger partial charge is 0.0410 e. The van der Waals surface area contributed by atoms with Crippen molar-refractivity contribution in [2.45, 2.75) is 0 Å². The van der Waals surface area contributed by atoms with E-state index in [9.17, 15) is 0 Å². The number of dihydropyridines is 1. The van der Waals surface area contributed by atoms with Crippen molar-refractivity contribution in [2.75, 3.05) is 0 Å². The number of aliphatic imine (C=N–C) groups is 1. The Labute approximate surface area is 74.1 Å². The molecule has 9 heavy (non-hydrogen) atoms. The first-order valence-electron chi connectivity index (χ1n) is 2.12. The molecule has 0 atom stereocenters. The van der Waals surface area contributed by atoms with Crippen molar-refractivity contribution in [1.29, 1.82) is 0 Å². The fourth-order valence-electron chi connectivity index (χ4n) is 0.398. The molecule has 1 heterocycles. The van der Waals surface area contributed by atoms with E-state index in [4.69, 9.17) is 0 Å². The molecule has 0 aromatic rings. The maximum absolute atomic E-state index is 3.87. The van der Waals surface area contributed by atoms with Crippen molar-refractivity contribution in [3.63, 3.8) is 0 Å². The molecule has 0 aromatic carbocycles. The Bertz CT molecular complexity index is 140. The Kier molecular flexibility index (Phi) is 8.12. The molecule has 0 amide bonds. The number of nitrogens with zero attached hydrogens (tertiary/aromatic N) is 1. The van der Waals surface area contributed by atoms with Gasteiger partial charge in [-0.3, -0.25) is 4.99 Å². The molecule has 0 unspecified atom stereocenters. The molecule has 1 aliphatic heterocycles. The van der Waals surface area contributed by atoms with E-state index in [2.05, 4.69) is 11.6 Å². The van der Waals surface area contributed by atoms with Crippen LogP contribution in [0.25, 0.3) is 0 Å². The normalized spacial score (nSPS) is 14.0. The molecule has 1 rings (SSSR count). The van der Waals surface area contributed by atoms with E-state index in [1.165, 1.54) is 0 Å². The van der Waals surface area contributed by atoms with Gasteiger partial charge in [0.1, 0.15) is 0 Å². The summed E-state index contributed by atoms with van der Waals surface area (Å²) in [5, 5.41) is 0. The summed E-state index contributed by atoms with van der Waals surface area (Å²) in [6.07, 6.45) is 7.37. The zero-order valence-corrected chi connectivity index (χ0v) is 8.77. The van der Waals surface area contributed by atoms with Crippen LogP contribution in [0, 0.1) is 6.42 Å². The van der Waals surface area contributed by atoms with E-state index >= 15 is 0 Å². The van der Waals surface area contributed by atoms with E-state index in [-0.39, 0.29) is 31.9 Å². The van der Waals surface area contributed by atoms with Crippen LogP contribution in [0.1, 0.15) is 0 Å². The first-order valence-corrected chi connectivity index (χ1v) is 2.12. The van der Waals surface area contributed by atoms with Gasteiger partial charge in [-0.1, -0.05) is 12.7 Å². The van der Waals surface area contributed by atoms with Crippen LogP contribution in [-0.4, -0.2) is 6.21 Å². The number of halogens is 1. The molecule has 0 fully saturated rings. The summed E-state index contributed by atoms with van der Waals surface area (Å²) in [6, 6.07) is 0. The van der Waals surface area contributed by atoms with E-state index < -0.39 is 0 Å². The van der Waals surface area contributed by atoms with E-state index in [0.29, 0.717) is 0 Å². The third kappa shape index (κ3) is 4.56. The van der Waals surface area contributed by atoms with Gasteiger partial charge in [0.2, 0.25) is 0 Å². The Morgan fingerprint density at radius 1 is 1.33 bits per heavy atom. The molecule has 0 saturated heterocycles. The molecule has 0 spiro atoms. The van der Waals surface area contributed by atoms with Crippen LogP contribution in [0.5, 0.6) is 0 Å². The van der Waals surface area contributed by atoms with Crippen LogP contribution >= 0.6 is 0 Å². The van der Waals surface area contributed by atoms with Gasteiger partial charge in [0.05, 0.1) is 0 Å². The minimum atomic E-state index is 0. The molecule has 1 aliphatic rings. The second-order valence-corrected chi connectivity index (χ2v) is 1.32. The van der Waals surface area contributed by atoms with Crippen LogP contribution in [0.4, 0.5) is 0 Å². The molecule has 1 radical (unpaired) electrons. The molecule has 0 aliphatic carbocycles. The van der Waals surface area contributed by atoms with Gasteiger partial charge in [-0.15, -0.1) is 0 Å². The average molecular weight is 193 g/mol. The summed E-state index contributed by atoms with van der Waals surface area (Å²) in [5.41, 5.74) is 0.822. The van der Waals surface area contributed by atoms with E-state index in [1.54, 1.807) is 6.21 Å². The molecule has 0 saturated carbocycles. The van der Waals surface area contributed by atoms with Crippen molar-refractivity contribution in [1.82, 2.24) is 0 Å². The number of hydrogen-bond acceptors (Lipinski definition) is 1. The summed E-state index contributed by atoms with van der Waals surface area (Å²) in [7, 11) is 0. The molecule has 45 valence electrons. The summed E-state index contributed by atoms with van der Waals surface area (Å²) < 4.78 is 0. The third-order valence-electron chi connectivity index (χ3n) is 0.726. The molecule has 0 N–H and O–H groups in total. The maximum atomic E-state index is 3.87. The average Bonchev–Trinajstić information content (AvgIpc) is 1.69. The summed E-state index contributed by atoms with van der Waals surface area (Å²) in [6.45, 7) is 3.61. The van der Waals surface area contributed by atoms with Crippen molar-refractivity contribution in [2.24, 2.45) is 4.99 Å². The van der Waals surface area contributed by atoms with Crippen LogP contribution < -0.4 is 12.4 Å². The predicted molar refractivity (Wildman–Crippen MR) is 31.1 cm³/mol. The largest absolute Gasteiger partial charge is 1.00 e. The van der Waals surface area contributed by atoms with E-state index in [1.807, 2.05) is 18.6 Å². The van der Waals surface area contributed by atoms with Crippen LogP contribution in [0.15, 0.2) is 29.4 Å². The Hall–Kier alpha value is 0.0634. The fraction of sp³-hybridized carbons (Fsp3) is 0. The minimum absolute atomic E-state index is 0. The van der Waals surface area contributed by atoms with Crippen molar-refractivity contribution in [3.05, 3.63) is 30.8 Å². The SMILES string of the molecule is C=C1[CH]C=CC=N1.[Cl-].[Zn]. The van der Waals surface area contributed by atoms with Gasteiger partial charge in [0, 0.05) is 37.8 Å². The summed E-state index contributed by atoms with van der Waals surface area (Å²) in [5.74, 6) is 0. The molecular weight excluding hydrogens is 187 g/mol. The van der Waals surface area contributed by atoms with Gasteiger partial charge in [-0.2, -0.15) is 0 Å². The Morgan fingerprint density at radius 2 is 2.00 bits per heavy atom. The van der Waals surface area contributed by atoms with Crippen molar-refractivity contribution >= 4 is 6.21 Å². The molecule has 0 bridgehead atoms. The first kappa shape index (κ1) is 11.8.